The van der Waals surface area contributed by atoms with E-state index in [0.717, 1.165) is 0 Å². The summed E-state index contributed by atoms with van der Waals surface area (Å²) >= 11 is 6.40. The Bertz CT molecular complexity index is 103. The van der Waals surface area contributed by atoms with E-state index in [4.69, 9.17) is 11.2 Å². The summed E-state index contributed by atoms with van der Waals surface area (Å²) in [5.74, 6) is -1.69. The molecule has 0 aromatic carbocycles. The van der Waals surface area contributed by atoms with Gasteiger partial charge in [0.05, 0.1) is 0 Å². The van der Waals surface area contributed by atoms with Gasteiger partial charge in [-0.25, -0.2) is 0 Å². The van der Waals surface area contributed by atoms with Gasteiger partial charge in [-0.05, 0) is 0 Å². The van der Waals surface area contributed by atoms with Crippen molar-refractivity contribution in [2.75, 3.05) is 26.2 Å². The third kappa shape index (κ3) is 10.7. The van der Waals surface area contributed by atoms with E-state index in [2.05, 4.69) is 26.9 Å². The first-order valence-corrected chi connectivity index (χ1v) is 9.20. The van der Waals surface area contributed by atoms with Crippen LogP contribution in [-0.2, 0) is 0 Å². The Morgan fingerprint density at radius 1 is 1.00 bits per heavy atom. The molecule has 0 fully saturated rings. The third-order valence-electron chi connectivity index (χ3n) is 1.77. The topological polar surface area (TPSA) is 0 Å². The summed E-state index contributed by atoms with van der Waals surface area (Å²) in [4.78, 5) is 0. The Hall–Kier alpha value is 0.720. The quantitative estimate of drug-likeness (QED) is 0.458. The predicted octanol–water partition coefficient (Wildman–Crippen LogP) is 4.16. The summed E-state index contributed by atoms with van der Waals surface area (Å²) in [5.41, 5.74) is 0. The summed E-state index contributed by atoms with van der Waals surface area (Å²) in [6.07, 6.45) is 6.60. The fourth-order valence-corrected chi connectivity index (χ4v) is 2.72. The van der Waals surface area contributed by atoms with Crippen LogP contribution in [0.15, 0.2) is 0 Å². The van der Waals surface area contributed by atoms with Crippen molar-refractivity contribution in [1.29, 1.82) is 0 Å². The molecule has 0 spiro atoms. The molecule has 0 aromatic heterocycles. The molecule has 0 N–H and O–H groups in total. The van der Waals surface area contributed by atoms with Gasteiger partial charge in [-0.15, -0.1) is 0 Å². The summed E-state index contributed by atoms with van der Waals surface area (Å²) < 4.78 is 0. The van der Waals surface area contributed by atoms with Gasteiger partial charge in [0.2, 0.25) is 0 Å². The molecule has 70 valence electrons. The van der Waals surface area contributed by atoms with Gasteiger partial charge in [-0.3, -0.25) is 0 Å². The first kappa shape index (κ1) is 11.7. The molecule has 0 saturated carbocycles. The zero-order valence-corrected chi connectivity index (χ0v) is 10.0. The molecule has 0 aliphatic carbocycles. The zero-order chi connectivity index (χ0) is 8.98. The maximum absolute atomic E-state index is 6.40. The van der Waals surface area contributed by atoms with Gasteiger partial charge in [0, 0.05) is 0 Å². The molecule has 0 bridgehead atoms. The summed E-state index contributed by atoms with van der Waals surface area (Å²) in [5, 5.41) is 0. The van der Waals surface area contributed by atoms with Gasteiger partial charge < -0.3 is 0 Å². The first-order valence-electron chi connectivity index (χ1n) is 4.53. The van der Waals surface area contributed by atoms with E-state index in [1.807, 2.05) is 0 Å². The summed E-state index contributed by atoms with van der Waals surface area (Å²) in [7, 11) is 0. The van der Waals surface area contributed by atoms with Crippen molar-refractivity contribution in [3.05, 3.63) is 0 Å². The Morgan fingerprint density at radius 3 is 1.91 bits per heavy atom. The van der Waals surface area contributed by atoms with Crippen LogP contribution in [0.5, 0.6) is 0 Å². The van der Waals surface area contributed by atoms with Crippen molar-refractivity contribution >= 4 is 17.2 Å². The Morgan fingerprint density at radius 2 is 1.55 bits per heavy atom. The van der Waals surface area contributed by atoms with Crippen molar-refractivity contribution in [2.45, 2.75) is 32.6 Å². The van der Waals surface area contributed by atoms with E-state index >= 15 is 0 Å². The fraction of sp³-hybridized carbons (Fsp3) is 1.00. The van der Waals surface area contributed by atoms with Crippen LogP contribution < -0.4 is 0 Å². The number of unbranched alkanes of at least 4 members (excludes halogenated alkanes) is 3. The Balaban J connectivity index is 3.40. The molecular formula is C9H22ClP. The number of halogens is 1. The number of hydrogen-bond acceptors (Lipinski definition) is 0. The third-order valence-corrected chi connectivity index (χ3v) is 4.10. The molecule has 0 aliphatic heterocycles. The van der Waals surface area contributed by atoms with Gasteiger partial charge in [0.25, 0.3) is 0 Å². The summed E-state index contributed by atoms with van der Waals surface area (Å²) in [6.45, 7) is 8.95. The molecule has 0 rings (SSSR count). The van der Waals surface area contributed by atoms with Gasteiger partial charge in [-0.2, -0.15) is 0 Å². The second-order valence-electron chi connectivity index (χ2n) is 4.70. The van der Waals surface area contributed by atoms with Crippen LogP contribution in [0.1, 0.15) is 32.6 Å². The maximum atomic E-state index is 6.40. The summed E-state index contributed by atoms with van der Waals surface area (Å²) in [6, 6.07) is 0. The Kier molecular flexibility index (Phi) is 4.37. The molecule has 0 aliphatic rings. The van der Waals surface area contributed by atoms with Crippen molar-refractivity contribution in [3.63, 3.8) is 0 Å². The van der Waals surface area contributed by atoms with Crippen LogP contribution in [-0.4, -0.2) is 26.2 Å². The number of hydrogen-bond donors (Lipinski definition) is 0. The van der Waals surface area contributed by atoms with E-state index in [-0.39, 0.29) is 0 Å². The van der Waals surface area contributed by atoms with Gasteiger partial charge in [-0.1, -0.05) is 0 Å². The minimum absolute atomic E-state index is 1.24. The molecule has 0 nitrogen and oxygen atoms in total. The molecule has 0 amide bonds. The predicted molar refractivity (Wildman–Crippen MR) is 59.6 cm³/mol. The van der Waals surface area contributed by atoms with Gasteiger partial charge in [0.1, 0.15) is 0 Å². The van der Waals surface area contributed by atoms with E-state index in [1.165, 1.54) is 31.8 Å². The molecule has 0 radical (unpaired) electrons. The van der Waals surface area contributed by atoms with Crippen LogP contribution in [0.4, 0.5) is 0 Å². The van der Waals surface area contributed by atoms with E-state index in [0.29, 0.717) is 0 Å². The van der Waals surface area contributed by atoms with Crippen molar-refractivity contribution in [1.82, 2.24) is 0 Å². The molecule has 0 atom stereocenters. The molecule has 0 aromatic rings. The van der Waals surface area contributed by atoms with Crippen LogP contribution >= 0.6 is 17.2 Å². The van der Waals surface area contributed by atoms with Crippen molar-refractivity contribution in [3.8, 4) is 0 Å². The molecule has 0 saturated heterocycles. The molecule has 2 heteroatoms. The normalized spacial score (nSPS) is 15.9. The van der Waals surface area contributed by atoms with E-state index in [9.17, 15) is 0 Å². The first-order chi connectivity index (χ1) is 4.81. The standard InChI is InChI=1S/C9H22ClP/c1-5-6-7-8-9-11(2,3,4)10/h5-9H2,1-4H3. The van der Waals surface area contributed by atoms with E-state index in [1.54, 1.807) is 0 Å². The zero-order valence-electron chi connectivity index (χ0n) is 8.36. The second-order valence-corrected chi connectivity index (χ2v) is 14.7. The SMILES string of the molecule is CCCCCCP(C)(C)(C)Cl. The minimum atomic E-state index is -1.69. The van der Waals surface area contributed by atoms with Gasteiger partial charge in [0.15, 0.2) is 0 Å². The monoisotopic (exact) mass is 196 g/mol. The van der Waals surface area contributed by atoms with E-state index < -0.39 is 5.96 Å². The molecule has 0 heterocycles. The molecule has 11 heavy (non-hydrogen) atoms. The van der Waals surface area contributed by atoms with Gasteiger partial charge >= 0.3 is 76.0 Å². The van der Waals surface area contributed by atoms with Crippen LogP contribution in [0, 0.1) is 0 Å². The Labute approximate surface area is 76.4 Å². The van der Waals surface area contributed by atoms with Crippen molar-refractivity contribution < 1.29 is 0 Å². The van der Waals surface area contributed by atoms with Crippen LogP contribution in [0.25, 0.3) is 0 Å². The molecule has 0 unspecified atom stereocenters. The van der Waals surface area contributed by atoms with Crippen molar-refractivity contribution in [2.24, 2.45) is 0 Å². The fourth-order valence-electron chi connectivity index (χ4n) is 1.07. The molecular weight excluding hydrogens is 175 g/mol. The van der Waals surface area contributed by atoms with Crippen LogP contribution in [0.2, 0.25) is 0 Å². The second kappa shape index (κ2) is 4.10. The number of rotatable bonds is 5. The van der Waals surface area contributed by atoms with Crippen LogP contribution in [0.3, 0.4) is 0 Å². The average molecular weight is 197 g/mol. The average Bonchev–Trinajstić information content (AvgIpc) is 1.76.